The van der Waals surface area contributed by atoms with Gasteiger partial charge in [-0.3, -0.25) is 0 Å². The van der Waals surface area contributed by atoms with E-state index in [4.69, 9.17) is 4.74 Å². The molecule has 0 amide bonds. The van der Waals surface area contributed by atoms with Crippen LogP contribution in [0.25, 0.3) is 0 Å². The molecule has 0 aliphatic carbocycles. The van der Waals surface area contributed by atoms with Crippen molar-refractivity contribution in [3.8, 4) is 0 Å². The number of hydrogen-bond acceptors (Lipinski definition) is 2. The zero-order chi connectivity index (χ0) is 11.3. The molecule has 1 rings (SSSR count). The smallest absolute Gasteiger partial charge is 0.131 e. The topological polar surface area (TPSA) is 29.5 Å². The Kier molecular flexibility index (Phi) is 4.72. The fourth-order valence-electron chi connectivity index (χ4n) is 1.36. The Balaban J connectivity index is 2.65. The van der Waals surface area contributed by atoms with Crippen molar-refractivity contribution in [1.82, 2.24) is 0 Å². The normalized spacial score (nSPS) is 12.8. The van der Waals surface area contributed by atoms with Gasteiger partial charge in [-0.15, -0.1) is 0 Å². The number of aliphatic hydroxyl groups is 1. The van der Waals surface area contributed by atoms with Crippen LogP contribution in [-0.2, 0) is 4.74 Å². The Labute approximate surface area is 89.7 Å². The van der Waals surface area contributed by atoms with Crippen LogP contribution in [0, 0.1) is 12.7 Å². The van der Waals surface area contributed by atoms with Crippen molar-refractivity contribution < 1.29 is 14.2 Å². The fourth-order valence-corrected chi connectivity index (χ4v) is 1.36. The molecule has 0 fully saturated rings. The first-order valence-electron chi connectivity index (χ1n) is 5.17. The van der Waals surface area contributed by atoms with E-state index in [1.165, 1.54) is 0 Å². The fraction of sp³-hybridized carbons (Fsp3) is 0.500. The predicted octanol–water partition coefficient (Wildman–Crippen LogP) is 2.59. The van der Waals surface area contributed by atoms with Gasteiger partial charge in [0.25, 0.3) is 0 Å². The predicted molar refractivity (Wildman–Crippen MR) is 57.2 cm³/mol. The van der Waals surface area contributed by atoms with Crippen molar-refractivity contribution in [3.63, 3.8) is 0 Å². The quantitative estimate of drug-likeness (QED) is 0.760. The Bertz CT molecular complexity index is 312. The lowest BCUT2D eigenvalue weighted by atomic mass is 10.1. The highest BCUT2D eigenvalue weighted by atomic mass is 19.1. The maximum Gasteiger partial charge on any atom is 0.131 e. The molecule has 15 heavy (non-hydrogen) atoms. The van der Waals surface area contributed by atoms with Gasteiger partial charge in [-0.05, 0) is 18.9 Å². The van der Waals surface area contributed by atoms with Crippen molar-refractivity contribution in [2.75, 3.05) is 13.2 Å². The summed E-state index contributed by atoms with van der Waals surface area (Å²) >= 11 is 0. The molecule has 2 nitrogen and oxygen atoms in total. The molecular formula is C12H17FO2. The average Bonchev–Trinajstić information content (AvgIpc) is 2.22. The van der Waals surface area contributed by atoms with Gasteiger partial charge in [-0.1, -0.05) is 25.1 Å². The molecule has 0 aliphatic rings. The molecule has 0 aromatic heterocycles. The van der Waals surface area contributed by atoms with Gasteiger partial charge in [0.2, 0.25) is 0 Å². The monoisotopic (exact) mass is 212 g/mol. The van der Waals surface area contributed by atoms with Crippen molar-refractivity contribution in [3.05, 3.63) is 35.1 Å². The molecule has 0 bridgehead atoms. The van der Waals surface area contributed by atoms with Crippen molar-refractivity contribution in [1.29, 1.82) is 0 Å². The molecular weight excluding hydrogens is 195 g/mol. The highest BCUT2D eigenvalue weighted by Crippen LogP contribution is 2.19. The number of rotatable bonds is 5. The molecule has 0 saturated carbocycles. The third kappa shape index (κ3) is 3.29. The Morgan fingerprint density at radius 2 is 2.20 bits per heavy atom. The van der Waals surface area contributed by atoms with Gasteiger partial charge in [-0.25, -0.2) is 4.39 Å². The van der Waals surface area contributed by atoms with E-state index in [0.29, 0.717) is 17.7 Å². The molecule has 3 heteroatoms. The molecule has 1 aromatic carbocycles. The van der Waals surface area contributed by atoms with Gasteiger partial charge in [0.15, 0.2) is 0 Å². The number of benzene rings is 1. The van der Waals surface area contributed by atoms with Gasteiger partial charge >= 0.3 is 0 Å². The minimum atomic E-state index is -0.878. The lowest BCUT2D eigenvalue weighted by Crippen LogP contribution is -2.10. The first-order chi connectivity index (χ1) is 7.16. The van der Waals surface area contributed by atoms with Gasteiger partial charge in [0.1, 0.15) is 11.9 Å². The van der Waals surface area contributed by atoms with E-state index in [2.05, 4.69) is 0 Å². The minimum absolute atomic E-state index is 0.147. The zero-order valence-electron chi connectivity index (χ0n) is 9.16. The van der Waals surface area contributed by atoms with Gasteiger partial charge in [0, 0.05) is 12.2 Å². The highest BCUT2D eigenvalue weighted by Gasteiger charge is 2.13. The number of ether oxygens (including phenoxy) is 1. The first kappa shape index (κ1) is 12.1. The summed E-state index contributed by atoms with van der Waals surface area (Å²) in [6.45, 7) is 4.40. The van der Waals surface area contributed by atoms with Crippen LogP contribution in [-0.4, -0.2) is 18.3 Å². The second-order valence-electron chi connectivity index (χ2n) is 3.57. The number of hydrogen-bond donors (Lipinski definition) is 1. The molecule has 0 aliphatic heterocycles. The van der Waals surface area contributed by atoms with E-state index in [1.54, 1.807) is 25.1 Å². The first-order valence-corrected chi connectivity index (χ1v) is 5.17. The van der Waals surface area contributed by atoms with Crippen LogP contribution in [0.4, 0.5) is 4.39 Å². The summed E-state index contributed by atoms with van der Waals surface area (Å²) in [5.41, 5.74) is 0.855. The van der Waals surface area contributed by atoms with E-state index in [9.17, 15) is 9.50 Å². The number of halogens is 1. The maximum atomic E-state index is 13.5. The third-order valence-electron chi connectivity index (χ3n) is 2.20. The molecule has 0 spiro atoms. The molecule has 1 N–H and O–H groups in total. The SMILES string of the molecule is CCCOCC(O)c1cccc(C)c1F. The second kappa shape index (κ2) is 5.83. The van der Waals surface area contributed by atoms with Crippen molar-refractivity contribution >= 4 is 0 Å². The van der Waals surface area contributed by atoms with Crippen molar-refractivity contribution in [2.24, 2.45) is 0 Å². The van der Waals surface area contributed by atoms with E-state index in [0.717, 1.165) is 6.42 Å². The lowest BCUT2D eigenvalue weighted by molar-refractivity contribution is 0.0345. The van der Waals surface area contributed by atoms with Gasteiger partial charge in [-0.2, -0.15) is 0 Å². The summed E-state index contributed by atoms with van der Waals surface area (Å²) in [6, 6.07) is 5.00. The van der Waals surface area contributed by atoms with Gasteiger partial charge < -0.3 is 9.84 Å². The van der Waals surface area contributed by atoms with Crippen LogP contribution in [0.15, 0.2) is 18.2 Å². The van der Waals surface area contributed by atoms with E-state index >= 15 is 0 Å². The van der Waals surface area contributed by atoms with Crippen LogP contribution in [0.5, 0.6) is 0 Å². The summed E-state index contributed by atoms with van der Waals surface area (Å²) in [4.78, 5) is 0. The maximum absolute atomic E-state index is 13.5. The molecule has 0 heterocycles. The zero-order valence-corrected chi connectivity index (χ0v) is 9.16. The largest absolute Gasteiger partial charge is 0.386 e. The summed E-state index contributed by atoms with van der Waals surface area (Å²) in [5.74, 6) is -0.343. The van der Waals surface area contributed by atoms with E-state index in [1.807, 2.05) is 6.92 Å². The third-order valence-corrected chi connectivity index (χ3v) is 2.20. The standard InChI is InChI=1S/C12H17FO2/c1-3-7-15-8-11(14)10-6-4-5-9(2)12(10)13/h4-6,11,14H,3,7-8H2,1-2H3. The Morgan fingerprint density at radius 1 is 1.47 bits per heavy atom. The highest BCUT2D eigenvalue weighted by molar-refractivity contribution is 5.26. The average molecular weight is 212 g/mol. The molecule has 1 unspecified atom stereocenters. The van der Waals surface area contributed by atoms with Crippen LogP contribution in [0.2, 0.25) is 0 Å². The second-order valence-corrected chi connectivity index (χ2v) is 3.57. The summed E-state index contributed by atoms with van der Waals surface area (Å²) in [7, 11) is 0. The summed E-state index contributed by atoms with van der Waals surface area (Å²) in [5, 5.41) is 9.69. The van der Waals surface area contributed by atoms with E-state index in [-0.39, 0.29) is 12.4 Å². The summed E-state index contributed by atoms with van der Waals surface area (Å²) in [6.07, 6.45) is 0.0136. The molecule has 84 valence electrons. The molecule has 1 aromatic rings. The molecule has 0 radical (unpaired) electrons. The molecule has 0 saturated heterocycles. The number of aliphatic hydroxyl groups excluding tert-OH is 1. The molecule has 1 atom stereocenters. The lowest BCUT2D eigenvalue weighted by Gasteiger charge is -2.13. The van der Waals surface area contributed by atoms with Crippen molar-refractivity contribution in [2.45, 2.75) is 26.4 Å². The van der Waals surface area contributed by atoms with Crippen LogP contribution in [0.1, 0.15) is 30.6 Å². The van der Waals surface area contributed by atoms with Gasteiger partial charge in [0.05, 0.1) is 6.61 Å². The number of aryl methyl sites for hydroxylation is 1. The van der Waals surface area contributed by atoms with Crippen LogP contribution in [0.3, 0.4) is 0 Å². The van der Waals surface area contributed by atoms with E-state index < -0.39 is 6.10 Å². The summed E-state index contributed by atoms with van der Waals surface area (Å²) < 4.78 is 18.7. The Hall–Kier alpha value is -0.930. The Morgan fingerprint density at radius 3 is 2.87 bits per heavy atom. The van der Waals surface area contributed by atoms with Crippen LogP contribution >= 0.6 is 0 Å². The van der Waals surface area contributed by atoms with Crippen LogP contribution < -0.4 is 0 Å². The minimum Gasteiger partial charge on any atom is -0.386 e.